The van der Waals surface area contributed by atoms with Gasteiger partial charge in [0.15, 0.2) is 0 Å². The van der Waals surface area contributed by atoms with E-state index in [1.165, 1.54) is 12.8 Å². The number of amidine groups is 1. The predicted octanol–water partition coefficient (Wildman–Crippen LogP) is 1.86. The smallest absolute Gasteiger partial charge is 0.0928 e. The summed E-state index contributed by atoms with van der Waals surface area (Å²) in [6.45, 7) is 5.12. The molecule has 0 aromatic heterocycles. The largest absolute Gasteiger partial charge is 0.358 e. The zero-order valence-corrected chi connectivity index (χ0v) is 6.85. The van der Waals surface area contributed by atoms with E-state index in [1.54, 1.807) is 0 Å². The highest BCUT2D eigenvalue weighted by Crippen LogP contribution is 2.26. The highest BCUT2D eigenvalue weighted by molar-refractivity contribution is 5.76. The SMILES string of the molecule is CCCN(C(C)=N)C1CC1. The molecule has 0 atom stereocenters. The molecule has 0 saturated heterocycles. The van der Waals surface area contributed by atoms with Crippen LogP contribution in [0.1, 0.15) is 33.1 Å². The third kappa shape index (κ3) is 1.72. The Hall–Kier alpha value is -0.530. The van der Waals surface area contributed by atoms with E-state index in [4.69, 9.17) is 5.41 Å². The maximum atomic E-state index is 7.45. The van der Waals surface area contributed by atoms with Gasteiger partial charge >= 0.3 is 0 Å². The number of hydrogen-bond donors (Lipinski definition) is 1. The van der Waals surface area contributed by atoms with Crippen LogP contribution in [-0.2, 0) is 0 Å². The van der Waals surface area contributed by atoms with Gasteiger partial charge in [0.05, 0.1) is 5.84 Å². The summed E-state index contributed by atoms with van der Waals surface area (Å²) < 4.78 is 0. The topological polar surface area (TPSA) is 27.1 Å². The van der Waals surface area contributed by atoms with Gasteiger partial charge in [0.25, 0.3) is 0 Å². The molecule has 0 aliphatic heterocycles. The summed E-state index contributed by atoms with van der Waals surface area (Å²) in [6.07, 6.45) is 3.76. The van der Waals surface area contributed by atoms with Crippen LogP contribution in [0.25, 0.3) is 0 Å². The number of hydrogen-bond acceptors (Lipinski definition) is 1. The molecule has 1 fully saturated rings. The molecule has 0 heterocycles. The van der Waals surface area contributed by atoms with Gasteiger partial charge in [-0.2, -0.15) is 0 Å². The fraction of sp³-hybridized carbons (Fsp3) is 0.875. The number of rotatable bonds is 3. The first-order chi connectivity index (χ1) is 4.75. The molecule has 1 saturated carbocycles. The third-order valence-corrected chi connectivity index (χ3v) is 1.88. The van der Waals surface area contributed by atoms with Gasteiger partial charge in [-0.3, -0.25) is 5.41 Å². The lowest BCUT2D eigenvalue weighted by Gasteiger charge is -2.21. The van der Waals surface area contributed by atoms with Gasteiger partial charge in [-0.15, -0.1) is 0 Å². The second-order valence-corrected chi connectivity index (χ2v) is 3.01. The Balaban J connectivity index is 2.34. The quantitative estimate of drug-likeness (QED) is 0.470. The number of nitrogens with zero attached hydrogens (tertiary/aromatic N) is 1. The van der Waals surface area contributed by atoms with Crippen LogP contribution in [0.3, 0.4) is 0 Å². The summed E-state index contributed by atoms with van der Waals surface area (Å²) in [5, 5.41) is 7.45. The molecule has 1 N–H and O–H groups in total. The van der Waals surface area contributed by atoms with E-state index >= 15 is 0 Å². The second-order valence-electron chi connectivity index (χ2n) is 3.01. The molecule has 0 aromatic rings. The molecule has 1 aliphatic rings. The van der Waals surface area contributed by atoms with Crippen LogP contribution in [0.15, 0.2) is 0 Å². The molecular formula is C8H16N2. The Labute approximate surface area is 62.7 Å². The van der Waals surface area contributed by atoms with Crippen LogP contribution in [-0.4, -0.2) is 23.3 Å². The molecule has 2 heteroatoms. The fourth-order valence-corrected chi connectivity index (χ4v) is 1.25. The van der Waals surface area contributed by atoms with Crippen molar-refractivity contribution in [2.45, 2.75) is 39.2 Å². The minimum atomic E-state index is 0.720. The third-order valence-electron chi connectivity index (χ3n) is 1.88. The van der Waals surface area contributed by atoms with Crippen LogP contribution in [0.5, 0.6) is 0 Å². The van der Waals surface area contributed by atoms with E-state index in [1.807, 2.05) is 6.92 Å². The van der Waals surface area contributed by atoms with Crippen molar-refractivity contribution in [3.05, 3.63) is 0 Å². The molecule has 58 valence electrons. The lowest BCUT2D eigenvalue weighted by molar-refractivity contribution is 0.404. The Kier molecular flexibility index (Phi) is 2.30. The van der Waals surface area contributed by atoms with Crippen molar-refractivity contribution in [1.82, 2.24) is 4.90 Å². The summed E-state index contributed by atoms with van der Waals surface area (Å²) >= 11 is 0. The molecule has 0 unspecified atom stereocenters. The molecule has 1 aliphatic carbocycles. The normalized spacial score (nSPS) is 17.0. The van der Waals surface area contributed by atoms with Gasteiger partial charge in [0.1, 0.15) is 0 Å². The Bertz CT molecular complexity index is 127. The van der Waals surface area contributed by atoms with E-state index in [0.29, 0.717) is 0 Å². The van der Waals surface area contributed by atoms with Crippen molar-refractivity contribution in [2.75, 3.05) is 6.54 Å². The van der Waals surface area contributed by atoms with Gasteiger partial charge in [-0.1, -0.05) is 6.92 Å². The van der Waals surface area contributed by atoms with E-state index in [9.17, 15) is 0 Å². The molecule has 0 aromatic carbocycles. The lowest BCUT2D eigenvalue weighted by atomic mass is 10.4. The highest BCUT2D eigenvalue weighted by atomic mass is 15.2. The van der Waals surface area contributed by atoms with E-state index in [2.05, 4.69) is 11.8 Å². The molecule has 0 spiro atoms. The Morgan fingerprint density at radius 1 is 1.60 bits per heavy atom. The molecule has 1 rings (SSSR count). The fourth-order valence-electron chi connectivity index (χ4n) is 1.25. The van der Waals surface area contributed by atoms with Crippen LogP contribution in [0.2, 0.25) is 0 Å². The van der Waals surface area contributed by atoms with Crippen LogP contribution in [0.4, 0.5) is 0 Å². The van der Waals surface area contributed by atoms with E-state index < -0.39 is 0 Å². The van der Waals surface area contributed by atoms with Gasteiger partial charge in [0, 0.05) is 12.6 Å². The highest BCUT2D eigenvalue weighted by Gasteiger charge is 2.28. The summed E-state index contributed by atoms with van der Waals surface area (Å²) in [4.78, 5) is 2.21. The first-order valence-corrected chi connectivity index (χ1v) is 4.07. The predicted molar refractivity (Wildman–Crippen MR) is 43.4 cm³/mol. The van der Waals surface area contributed by atoms with Crippen molar-refractivity contribution < 1.29 is 0 Å². The van der Waals surface area contributed by atoms with Crippen molar-refractivity contribution in [3.8, 4) is 0 Å². The van der Waals surface area contributed by atoms with Gasteiger partial charge < -0.3 is 4.90 Å². The van der Waals surface area contributed by atoms with Crippen molar-refractivity contribution >= 4 is 5.84 Å². The molecule has 0 amide bonds. The molecular weight excluding hydrogens is 124 g/mol. The minimum Gasteiger partial charge on any atom is -0.358 e. The summed E-state index contributed by atoms with van der Waals surface area (Å²) in [7, 11) is 0. The maximum absolute atomic E-state index is 7.45. The summed E-state index contributed by atoms with van der Waals surface area (Å²) in [5.74, 6) is 0.740. The zero-order chi connectivity index (χ0) is 7.56. The van der Waals surface area contributed by atoms with Crippen molar-refractivity contribution in [2.24, 2.45) is 0 Å². The van der Waals surface area contributed by atoms with Gasteiger partial charge in [-0.05, 0) is 26.2 Å². The van der Waals surface area contributed by atoms with Gasteiger partial charge in [0.2, 0.25) is 0 Å². The lowest BCUT2D eigenvalue weighted by Crippen LogP contribution is -2.30. The molecule has 0 radical (unpaired) electrons. The Morgan fingerprint density at radius 3 is 2.50 bits per heavy atom. The summed E-state index contributed by atoms with van der Waals surface area (Å²) in [6, 6.07) is 0.720. The Morgan fingerprint density at radius 2 is 2.20 bits per heavy atom. The van der Waals surface area contributed by atoms with Crippen LogP contribution >= 0.6 is 0 Å². The molecule has 2 nitrogen and oxygen atoms in total. The molecule has 10 heavy (non-hydrogen) atoms. The average Bonchev–Trinajstić information content (AvgIpc) is 2.63. The summed E-state index contributed by atoms with van der Waals surface area (Å²) in [5.41, 5.74) is 0. The van der Waals surface area contributed by atoms with Crippen LogP contribution < -0.4 is 0 Å². The van der Waals surface area contributed by atoms with Crippen molar-refractivity contribution in [1.29, 1.82) is 5.41 Å². The molecule has 0 bridgehead atoms. The van der Waals surface area contributed by atoms with Crippen molar-refractivity contribution in [3.63, 3.8) is 0 Å². The average molecular weight is 140 g/mol. The minimum absolute atomic E-state index is 0.720. The van der Waals surface area contributed by atoms with Gasteiger partial charge in [-0.25, -0.2) is 0 Å². The second kappa shape index (κ2) is 3.04. The monoisotopic (exact) mass is 140 g/mol. The van der Waals surface area contributed by atoms with E-state index in [-0.39, 0.29) is 0 Å². The van der Waals surface area contributed by atoms with Crippen LogP contribution in [0, 0.1) is 5.41 Å². The zero-order valence-electron chi connectivity index (χ0n) is 6.85. The maximum Gasteiger partial charge on any atom is 0.0928 e. The number of nitrogens with one attached hydrogen (secondary N) is 1. The first-order valence-electron chi connectivity index (χ1n) is 4.07. The van der Waals surface area contributed by atoms with E-state index in [0.717, 1.165) is 24.8 Å². The first kappa shape index (κ1) is 7.58. The standard InChI is InChI=1S/C8H16N2/c1-3-6-10(7(2)9)8-4-5-8/h8-9H,3-6H2,1-2H3.